The van der Waals surface area contributed by atoms with E-state index in [0.29, 0.717) is 11.3 Å². The van der Waals surface area contributed by atoms with Gasteiger partial charge < -0.3 is 30.6 Å². The zero-order chi connectivity index (χ0) is 25.6. The van der Waals surface area contributed by atoms with Crippen molar-refractivity contribution in [2.45, 2.75) is 19.4 Å². The van der Waals surface area contributed by atoms with Gasteiger partial charge in [0.25, 0.3) is 5.91 Å². The molecule has 12 heteroatoms. The quantitative estimate of drug-likeness (QED) is 0.0876. The Balaban J connectivity index is 2.04. The third-order valence-electron chi connectivity index (χ3n) is 4.46. The van der Waals surface area contributed by atoms with Crippen molar-refractivity contribution in [1.82, 2.24) is 16.1 Å². The summed E-state index contributed by atoms with van der Waals surface area (Å²) in [5, 5.41) is 13.9. The molecule has 2 amide bonds. The number of carbonyl (C=O) groups excluding carboxylic acids is 3. The first-order valence-corrected chi connectivity index (χ1v) is 10.6. The van der Waals surface area contributed by atoms with Crippen LogP contribution in [0.15, 0.2) is 53.5 Å². The van der Waals surface area contributed by atoms with E-state index in [4.69, 9.17) is 20.4 Å². The topological polar surface area (TPSA) is 181 Å². The number of hydrazine groups is 1. The van der Waals surface area contributed by atoms with Crippen molar-refractivity contribution in [2.24, 2.45) is 10.8 Å². The van der Waals surface area contributed by atoms with Gasteiger partial charge in [0.1, 0.15) is 18.1 Å². The molecule has 1 unspecified atom stereocenters. The van der Waals surface area contributed by atoms with Crippen LogP contribution >= 0.6 is 0 Å². The molecular weight excluding hydrogens is 458 g/mol. The zero-order valence-corrected chi connectivity index (χ0v) is 19.0. The number of nitrogens with one attached hydrogen (secondary N) is 3. The molecule has 186 valence electrons. The summed E-state index contributed by atoms with van der Waals surface area (Å²) >= 11 is 0. The maximum absolute atomic E-state index is 12.5. The fourth-order valence-corrected chi connectivity index (χ4v) is 2.96. The standard InChI is InChI=1S/C23H27N5O7/c1-2-34-23(33)18(11-15-6-3-4-9-19(15)35-13-21(30)31)28-20(29)12-25-22(32)16-7-5-8-17(10-16)26-14-27-24/h3-10,14,18H,2,11-13,24H2,1H3,(H,25,32)(H,26,27)(H,28,29)(H,30,31). The number of aliphatic imine (C=N–C) groups is 1. The molecule has 2 aromatic rings. The van der Waals surface area contributed by atoms with Crippen LogP contribution in [0.25, 0.3) is 0 Å². The normalized spacial score (nSPS) is 11.4. The molecule has 0 spiro atoms. The van der Waals surface area contributed by atoms with E-state index >= 15 is 0 Å². The summed E-state index contributed by atoms with van der Waals surface area (Å²) in [6.45, 7) is 0.763. The number of aliphatic carboxylic acids is 1. The van der Waals surface area contributed by atoms with E-state index < -0.39 is 42.9 Å². The van der Waals surface area contributed by atoms with Gasteiger partial charge in [-0.25, -0.2) is 20.4 Å². The van der Waals surface area contributed by atoms with Gasteiger partial charge >= 0.3 is 11.9 Å². The number of hydrogen-bond donors (Lipinski definition) is 5. The zero-order valence-electron chi connectivity index (χ0n) is 19.0. The summed E-state index contributed by atoms with van der Waals surface area (Å²) in [5.74, 6) is 2.42. The van der Waals surface area contributed by atoms with E-state index in [0.717, 1.165) is 0 Å². The van der Waals surface area contributed by atoms with Crippen LogP contribution in [0.3, 0.4) is 0 Å². The van der Waals surface area contributed by atoms with Crippen LogP contribution in [0.4, 0.5) is 5.69 Å². The molecule has 35 heavy (non-hydrogen) atoms. The molecule has 12 nitrogen and oxygen atoms in total. The predicted molar refractivity (Wildman–Crippen MR) is 126 cm³/mol. The van der Waals surface area contributed by atoms with Crippen molar-refractivity contribution in [3.05, 3.63) is 59.7 Å². The van der Waals surface area contributed by atoms with Crippen molar-refractivity contribution in [2.75, 3.05) is 19.8 Å². The van der Waals surface area contributed by atoms with Crippen molar-refractivity contribution >= 4 is 35.8 Å². The van der Waals surface area contributed by atoms with Crippen molar-refractivity contribution in [1.29, 1.82) is 0 Å². The number of amides is 2. The molecule has 0 aliphatic carbocycles. The lowest BCUT2D eigenvalue weighted by Crippen LogP contribution is -2.47. The number of hydrogen-bond acceptors (Lipinski definition) is 8. The number of esters is 1. The Bertz CT molecular complexity index is 1070. The smallest absolute Gasteiger partial charge is 0.341 e. The van der Waals surface area contributed by atoms with Gasteiger partial charge in [-0.2, -0.15) is 0 Å². The highest BCUT2D eigenvalue weighted by molar-refractivity contribution is 5.97. The van der Waals surface area contributed by atoms with Crippen LogP contribution in [0.5, 0.6) is 5.75 Å². The monoisotopic (exact) mass is 485 g/mol. The van der Waals surface area contributed by atoms with E-state index in [-0.39, 0.29) is 24.3 Å². The Hall–Kier alpha value is -4.45. The Kier molecular flexibility index (Phi) is 10.7. The van der Waals surface area contributed by atoms with Gasteiger partial charge in [0.05, 0.1) is 18.8 Å². The molecule has 0 aliphatic heterocycles. The van der Waals surface area contributed by atoms with Crippen LogP contribution in [-0.2, 0) is 25.5 Å². The summed E-state index contributed by atoms with van der Waals surface area (Å²) in [7, 11) is 0. The maximum atomic E-state index is 12.5. The molecule has 0 heterocycles. The Morgan fingerprint density at radius 3 is 2.63 bits per heavy atom. The van der Waals surface area contributed by atoms with E-state index in [9.17, 15) is 19.2 Å². The molecule has 2 aromatic carbocycles. The average molecular weight is 485 g/mol. The van der Waals surface area contributed by atoms with Crippen LogP contribution in [0.1, 0.15) is 22.8 Å². The molecule has 0 aromatic heterocycles. The van der Waals surface area contributed by atoms with Gasteiger partial charge in [0.2, 0.25) is 5.91 Å². The molecule has 0 radical (unpaired) electrons. The minimum absolute atomic E-state index is 0.0104. The highest BCUT2D eigenvalue weighted by Gasteiger charge is 2.24. The summed E-state index contributed by atoms with van der Waals surface area (Å²) < 4.78 is 10.3. The van der Waals surface area contributed by atoms with Gasteiger partial charge in [-0.05, 0) is 36.8 Å². The lowest BCUT2D eigenvalue weighted by molar-refractivity contribution is -0.147. The number of carboxylic acids is 1. The van der Waals surface area contributed by atoms with Crippen LogP contribution < -0.4 is 26.6 Å². The van der Waals surface area contributed by atoms with Gasteiger partial charge in [-0.3, -0.25) is 9.59 Å². The number of para-hydroxylation sites is 1. The second-order valence-electron chi connectivity index (χ2n) is 7.02. The first-order chi connectivity index (χ1) is 16.8. The lowest BCUT2D eigenvalue weighted by Gasteiger charge is -2.19. The van der Waals surface area contributed by atoms with Crippen LogP contribution in [0.2, 0.25) is 0 Å². The average Bonchev–Trinajstić information content (AvgIpc) is 2.85. The Labute approximate surface area is 201 Å². The second kappa shape index (κ2) is 14.0. The SMILES string of the molecule is CCOC(=O)C(Cc1ccccc1OCC(=O)O)NC(=O)CNC(=O)c1cccc(N=CNN)c1. The number of carboxylic acid groups (broad SMARTS) is 1. The third-order valence-corrected chi connectivity index (χ3v) is 4.46. The van der Waals surface area contributed by atoms with Crippen molar-refractivity contribution in [3.8, 4) is 5.75 Å². The Morgan fingerprint density at radius 2 is 1.91 bits per heavy atom. The van der Waals surface area contributed by atoms with E-state index in [2.05, 4.69) is 21.1 Å². The van der Waals surface area contributed by atoms with Gasteiger partial charge in [-0.1, -0.05) is 24.3 Å². The number of nitrogens with zero attached hydrogens (tertiary/aromatic N) is 1. The van der Waals surface area contributed by atoms with Crippen LogP contribution in [-0.4, -0.2) is 61.0 Å². The lowest BCUT2D eigenvalue weighted by atomic mass is 10.0. The minimum atomic E-state index is -1.15. The molecular formula is C23H27N5O7. The summed E-state index contributed by atoms with van der Waals surface area (Å²) in [5.41, 5.74) is 3.51. The maximum Gasteiger partial charge on any atom is 0.341 e. The summed E-state index contributed by atoms with van der Waals surface area (Å²) in [4.78, 5) is 52.2. The van der Waals surface area contributed by atoms with Crippen molar-refractivity contribution < 1.29 is 33.8 Å². The number of rotatable bonds is 13. The third kappa shape index (κ3) is 9.14. The number of ether oxygens (including phenoxy) is 2. The minimum Gasteiger partial charge on any atom is -0.482 e. The highest BCUT2D eigenvalue weighted by Crippen LogP contribution is 2.20. The first kappa shape index (κ1) is 26.8. The molecule has 0 bridgehead atoms. The molecule has 0 aliphatic rings. The molecule has 6 N–H and O–H groups in total. The van der Waals surface area contributed by atoms with Gasteiger partial charge in [0.15, 0.2) is 6.61 Å². The fraction of sp³-hybridized carbons (Fsp3) is 0.261. The largest absolute Gasteiger partial charge is 0.482 e. The number of carbonyl (C=O) groups is 4. The molecule has 0 saturated carbocycles. The highest BCUT2D eigenvalue weighted by atomic mass is 16.5. The van der Waals surface area contributed by atoms with Crippen LogP contribution in [0, 0.1) is 0 Å². The van der Waals surface area contributed by atoms with E-state index in [1.54, 1.807) is 49.4 Å². The second-order valence-corrected chi connectivity index (χ2v) is 7.02. The Morgan fingerprint density at radius 1 is 1.14 bits per heavy atom. The fourth-order valence-electron chi connectivity index (χ4n) is 2.96. The molecule has 2 rings (SSSR count). The van der Waals surface area contributed by atoms with Gasteiger partial charge in [-0.15, -0.1) is 0 Å². The molecule has 1 atom stereocenters. The van der Waals surface area contributed by atoms with E-state index in [1.807, 2.05) is 0 Å². The summed E-state index contributed by atoms with van der Waals surface area (Å²) in [6.07, 6.45) is 1.24. The first-order valence-electron chi connectivity index (χ1n) is 10.6. The number of nitrogens with two attached hydrogens (primary N) is 1. The van der Waals surface area contributed by atoms with Gasteiger partial charge in [0, 0.05) is 12.0 Å². The van der Waals surface area contributed by atoms with Crippen molar-refractivity contribution in [3.63, 3.8) is 0 Å². The molecule has 0 fully saturated rings. The predicted octanol–water partition coefficient (Wildman–Crippen LogP) is 0.294. The number of benzene rings is 2. The molecule has 0 saturated heterocycles. The van der Waals surface area contributed by atoms with E-state index in [1.165, 1.54) is 12.4 Å². The summed E-state index contributed by atoms with van der Waals surface area (Å²) in [6, 6.07) is 11.8.